The van der Waals surface area contributed by atoms with E-state index in [0.717, 1.165) is 0 Å². The van der Waals surface area contributed by atoms with E-state index in [1.165, 1.54) is 4.90 Å². The number of carbonyl (C=O) groups excluding carboxylic acids is 1. The van der Waals surface area contributed by atoms with Crippen LogP contribution in [0.4, 0.5) is 15.3 Å². The van der Waals surface area contributed by atoms with Crippen LogP contribution < -0.4 is 9.64 Å². The molecule has 0 aliphatic carbocycles. The van der Waals surface area contributed by atoms with E-state index >= 15 is 0 Å². The van der Waals surface area contributed by atoms with Gasteiger partial charge in [0.1, 0.15) is 5.75 Å². The zero-order valence-corrected chi connectivity index (χ0v) is 14.5. The molecule has 0 saturated heterocycles. The molecule has 0 spiro atoms. The Hall–Kier alpha value is -1.76. The molecule has 1 N–H and O–H groups in total. The van der Waals surface area contributed by atoms with Crippen molar-refractivity contribution in [2.24, 2.45) is 0 Å². The molecule has 0 fully saturated rings. The Balaban J connectivity index is 2.92. The topological polar surface area (TPSA) is 70.1 Å². The second-order valence-electron chi connectivity index (χ2n) is 4.88. The van der Waals surface area contributed by atoms with Crippen molar-refractivity contribution < 1.29 is 19.4 Å². The third-order valence-electron chi connectivity index (χ3n) is 3.02. The quantitative estimate of drug-likeness (QED) is 0.771. The first-order valence-electron chi connectivity index (χ1n) is 7.05. The lowest BCUT2D eigenvalue weighted by Gasteiger charge is -2.24. The van der Waals surface area contributed by atoms with Crippen LogP contribution in [0.1, 0.15) is 20.8 Å². The van der Waals surface area contributed by atoms with Gasteiger partial charge >= 0.3 is 12.2 Å². The number of rotatable bonds is 6. The summed E-state index contributed by atoms with van der Waals surface area (Å²) in [5, 5.41) is 9.93. The summed E-state index contributed by atoms with van der Waals surface area (Å²) in [7, 11) is 0. The maximum Gasteiger partial charge on any atom is 0.415 e. The van der Waals surface area contributed by atoms with Crippen molar-refractivity contribution in [3.63, 3.8) is 0 Å². The van der Waals surface area contributed by atoms with Gasteiger partial charge in [0.05, 0.1) is 5.69 Å². The van der Waals surface area contributed by atoms with E-state index in [1.54, 1.807) is 43.0 Å². The first kappa shape index (κ1) is 18.3. The van der Waals surface area contributed by atoms with E-state index in [-0.39, 0.29) is 6.04 Å². The minimum absolute atomic E-state index is 0.219. The summed E-state index contributed by atoms with van der Waals surface area (Å²) in [5.41, 5.74) is 0.469. The molecular weight excluding hydrogens is 352 g/mol. The highest BCUT2D eigenvalue weighted by atomic mass is 79.9. The van der Waals surface area contributed by atoms with Gasteiger partial charge in [-0.15, -0.1) is 0 Å². The third-order valence-corrected chi connectivity index (χ3v) is 3.37. The molecule has 1 rings (SSSR count). The molecular formula is C15H21BrN2O4. The predicted molar refractivity (Wildman–Crippen MR) is 89.1 cm³/mol. The van der Waals surface area contributed by atoms with Gasteiger partial charge in [0.25, 0.3) is 0 Å². The van der Waals surface area contributed by atoms with Crippen molar-refractivity contribution in [2.75, 3.05) is 23.3 Å². The van der Waals surface area contributed by atoms with Gasteiger partial charge in [0, 0.05) is 30.5 Å². The minimum atomic E-state index is -1.05. The van der Waals surface area contributed by atoms with Crippen LogP contribution in [0.3, 0.4) is 0 Å². The zero-order valence-electron chi connectivity index (χ0n) is 13.0. The highest BCUT2D eigenvalue weighted by Gasteiger charge is 2.19. The summed E-state index contributed by atoms with van der Waals surface area (Å²) in [6, 6.07) is 6.29. The molecule has 0 aromatic heterocycles. The van der Waals surface area contributed by atoms with Crippen LogP contribution in [-0.4, -0.2) is 46.7 Å². The number of anilines is 1. The standard InChI is InChI=1S/C15H21BrN2O4/c1-4-17(9-8-16)15(21)22-13-7-5-6-12(10-13)18(11(2)3)14(19)20/h5-7,10-11H,4,8-9H2,1-3H3,(H,19,20). The number of carbonyl (C=O) groups is 2. The highest BCUT2D eigenvalue weighted by Crippen LogP contribution is 2.23. The molecule has 0 radical (unpaired) electrons. The van der Waals surface area contributed by atoms with E-state index in [0.29, 0.717) is 29.9 Å². The monoisotopic (exact) mass is 372 g/mol. The molecule has 0 aliphatic heterocycles. The first-order valence-corrected chi connectivity index (χ1v) is 8.17. The van der Waals surface area contributed by atoms with Crippen LogP contribution in [0.25, 0.3) is 0 Å². The van der Waals surface area contributed by atoms with E-state index < -0.39 is 12.2 Å². The molecule has 22 heavy (non-hydrogen) atoms. The molecule has 0 unspecified atom stereocenters. The summed E-state index contributed by atoms with van der Waals surface area (Å²) in [5.74, 6) is 0.322. The molecule has 1 aromatic carbocycles. The maximum absolute atomic E-state index is 12.0. The fraction of sp³-hybridized carbons (Fsp3) is 0.467. The van der Waals surface area contributed by atoms with Crippen LogP contribution in [-0.2, 0) is 0 Å². The summed E-state index contributed by atoms with van der Waals surface area (Å²) in [4.78, 5) is 26.1. The number of hydrogen-bond acceptors (Lipinski definition) is 3. The van der Waals surface area contributed by atoms with E-state index in [9.17, 15) is 14.7 Å². The lowest BCUT2D eigenvalue weighted by Crippen LogP contribution is -2.36. The number of amides is 2. The summed E-state index contributed by atoms with van der Waals surface area (Å²) >= 11 is 3.29. The number of halogens is 1. The number of ether oxygens (including phenoxy) is 1. The largest absolute Gasteiger partial charge is 0.465 e. The van der Waals surface area contributed by atoms with Gasteiger partial charge < -0.3 is 14.7 Å². The first-order chi connectivity index (χ1) is 10.4. The number of alkyl halides is 1. The molecule has 0 aliphatic rings. The molecule has 1 aromatic rings. The lowest BCUT2D eigenvalue weighted by atomic mass is 10.2. The van der Waals surface area contributed by atoms with E-state index in [1.807, 2.05) is 6.92 Å². The van der Waals surface area contributed by atoms with Crippen molar-refractivity contribution in [2.45, 2.75) is 26.8 Å². The molecule has 6 nitrogen and oxygen atoms in total. The van der Waals surface area contributed by atoms with Gasteiger partial charge in [-0.2, -0.15) is 0 Å². The number of benzene rings is 1. The Morgan fingerprint density at radius 2 is 2.05 bits per heavy atom. The van der Waals surface area contributed by atoms with Crippen LogP contribution in [0.15, 0.2) is 24.3 Å². The second-order valence-corrected chi connectivity index (χ2v) is 5.67. The summed E-state index contributed by atoms with van der Waals surface area (Å²) < 4.78 is 5.32. The fourth-order valence-corrected chi connectivity index (χ4v) is 2.40. The van der Waals surface area contributed by atoms with Crippen molar-refractivity contribution in [1.29, 1.82) is 0 Å². The zero-order chi connectivity index (χ0) is 16.7. The number of nitrogens with zero attached hydrogens (tertiary/aromatic N) is 2. The SMILES string of the molecule is CCN(CCBr)C(=O)Oc1cccc(N(C(=O)O)C(C)C)c1. The van der Waals surface area contributed by atoms with Gasteiger partial charge in [0.2, 0.25) is 0 Å². The average molecular weight is 373 g/mol. The molecule has 0 bridgehead atoms. The molecule has 2 amide bonds. The van der Waals surface area contributed by atoms with Crippen LogP contribution in [0, 0.1) is 0 Å². The van der Waals surface area contributed by atoms with Crippen LogP contribution >= 0.6 is 15.9 Å². The Bertz CT molecular complexity index is 522. The maximum atomic E-state index is 12.0. The second kappa shape index (κ2) is 8.63. The highest BCUT2D eigenvalue weighted by molar-refractivity contribution is 9.09. The molecule has 0 heterocycles. The fourth-order valence-electron chi connectivity index (χ4n) is 1.97. The molecule has 0 saturated carbocycles. The molecule has 0 atom stereocenters. The minimum Gasteiger partial charge on any atom is -0.465 e. The Kier molecular flexibility index (Phi) is 7.17. The normalized spacial score (nSPS) is 10.4. The van der Waals surface area contributed by atoms with Gasteiger partial charge in [-0.1, -0.05) is 22.0 Å². The Morgan fingerprint density at radius 3 is 2.55 bits per heavy atom. The van der Waals surface area contributed by atoms with Crippen LogP contribution in [0.2, 0.25) is 0 Å². The van der Waals surface area contributed by atoms with Gasteiger partial charge in [-0.3, -0.25) is 4.90 Å². The smallest absolute Gasteiger partial charge is 0.415 e. The lowest BCUT2D eigenvalue weighted by molar-refractivity contribution is 0.158. The van der Waals surface area contributed by atoms with Crippen LogP contribution in [0.5, 0.6) is 5.75 Å². The number of hydrogen-bond donors (Lipinski definition) is 1. The molecule has 7 heteroatoms. The molecule has 122 valence electrons. The van der Waals surface area contributed by atoms with Crippen molar-refractivity contribution in [3.05, 3.63) is 24.3 Å². The van der Waals surface area contributed by atoms with E-state index in [4.69, 9.17) is 4.74 Å². The third kappa shape index (κ3) is 4.91. The Labute approximate surface area is 138 Å². The van der Waals surface area contributed by atoms with Crippen molar-refractivity contribution >= 4 is 33.8 Å². The predicted octanol–water partition coefficient (Wildman–Crippen LogP) is 3.80. The van der Waals surface area contributed by atoms with Gasteiger partial charge in [0.15, 0.2) is 0 Å². The van der Waals surface area contributed by atoms with E-state index in [2.05, 4.69) is 15.9 Å². The Morgan fingerprint density at radius 1 is 1.36 bits per heavy atom. The summed E-state index contributed by atoms with van der Waals surface area (Å²) in [6.07, 6.45) is -1.50. The van der Waals surface area contributed by atoms with Crippen molar-refractivity contribution in [3.8, 4) is 5.75 Å². The van der Waals surface area contributed by atoms with Crippen molar-refractivity contribution in [1.82, 2.24) is 4.90 Å². The number of carboxylic acid groups (broad SMARTS) is 1. The van der Waals surface area contributed by atoms with Gasteiger partial charge in [-0.05, 0) is 32.9 Å². The summed E-state index contributed by atoms with van der Waals surface area (Å²) in [6.45, 7) is 6.51. The van der Waals surface area contributed by atoms with Gasteiger partial charge in [-0.25, -0.2) is 9.59 Å². The average Bonchev–Trinajstić information content (AvgIpc) is 2.44.